The van der Waals surface area contributed by atoms with Gasteiger partial charge in [-0.25, -0.2) is 4.98 Å². The maximum Gasteiger partial charge on any atom is 0.232 e. The van der Waals surface area contributed by atoms with Crippen molar-refractivity contribution in [3.05, 3.63) is 18.3 Å². The van der Waals surface area contributed by atoms with Gasteiger partial charge in [-0.1, -0.05) is 6.92 Å². The number of aromatic nitrogens is 1. The molecule has 2 rings (SSSR count). The fourth-order valence-electron chi connectivity index (χ4n) is 1.77. The van der Waals surface area contributed by atoms with E-state index in [1.54, 1.807) is 18.1 Å². The number of rotatable bonds is 0. The number of carbonyl (C=O) groups excluding carboxylic acids is 1. The summed E-state index contributed by atoms with van der Waals surface area (Å²) in [4.78, 5) is 17.8. The van der Waals surface area contributed by atoms with Crippen LogP contribution in [0.1, 0.15) is 13.8 Å². The molecule has 80 valence electrons. The molecule has 1 N–H and O–H groups in total. The van der Waals surface area contributed by atoms with Gasteiger partial charge in [0.15, 0.2) is 5.82 Å². The maximum atomic E-state index is 12.0. The number of nitrogens with zero attached hydrogens (tertiary/aromatic N) is 2. The van der Waals surface area contributed by atoms with Crippen LogP contribution in [0.3, 0.4) is 0 Å². The first kappa shape index (κ1) is 9.96. The first-order chi connectivity index (χ1) is 7.11. The molecule has 0 aromatic carbocycles. The van der Waals surface area contributed by atoms with Crippen LogP contribution >= 0.6 is 0 Å². The van der Waals surface area contributed by atoms with Crippen molar-refractivity contribution in [2.45, 2.75) is 19.9 Å². The number of hydrogen-bond acceptors (Lipinski definition) is 3. The first-order valence-corrected chi connectivity index (χ1v) is 5.10. The van der Waals surface area contributed by atoms with Gasteiger partial charge in [0, 0.05) is 19.3 Å². The monoisotopic (exact) mass is 205 g/mol. The molecule has 0 saturated carbocycles. The van der Waals surface area contributed by atoms with Crippen molar-refractivity contribution in [2.75, 3.05) is 17.3 Å². The third-order valence-electron chi connectivity index (χ3n) is 2.96. The van der Waals surface area contributed by atoms with Gasteiger partial charge in [-0.3, -0.25) is 9.69 Å². The molecule has 4 nitrogen and oxygen atoms in total. The number of carbonyl (C=O) groups is 1. The summed E-state index contributed by atoms with van der Waals surface area (Å²) in [5.74, 6) is 0.773. The second-order valence-corrected chi connectivity index (χ2v) is 3.99. The van der Waals surface area contributed by atoms with Crippen molar-refractivity contribution < 1.29 is 4.79 Å². The number of anilines is 2. The molecule has 2 atom stereocenters. The molecule has 1 aromatic rings. The summed E-state index contributed by atoms with van der Waals surface area (Å²) >= 11 is 0. The Kier molecular flexibility index (Phi) is 2.34. The molecule has 2 heterocycles. The molecular weight excluding hydrogens is 190 g/mol. The SMILES string of the molecule is C[C@@H]1C(=O)N(C)c2ncccc2N[C@@H]1C. The molecule has 1 aliphatic rings. The standard InChI is InChI=1S/C11H15N3O/c1-7-8(2)13-9-5-4-6-12-10(9)14(3)11(7)15/h4-8,13H,1-3H3/t7-,8+/m0/s1. The zero-order valence-electron chi connectivity index (χ0n) is 9.19. The van der Waals surface area contributed by atoms with Gasteiger partial charge in [-0.05, 0) is 19.1 Å². The molecule has 0 fully saturated rings. The Morgan fingerprint density at radius 2 is 2.20 bits per heavy atom. The average molecular weight is 205 g/mol. The van der Waals surface area contributed by atoms with Gasteiger partial charge in [0.25, 0.3) is 0 Å². The van der Waals surface area contributed by atoms with Gasteiger partial charge < -0.3 is 5.32 Å². The molecule has 1 aromatic heterocycles. The molecule has 0 bridgehead atoms. The molecule has 1 amide bonds. The number of amides is 1. The highest BCUT2D eigenvalue weighted by molar-refractivity contribution is 5.98. The quantitative estimate of drug-likeness (QED) is 0.698. The summed E-state index contributed by atoms with van der Waals surface area (Å²) in [5.41, 5.74) is 0.921. The van der Waals surface area contributed by atoms with Crippen molar-refractivity contribution in [1.82, 2.24) is 4.98 Å². The number of pyridine rings is 1. The molecular formula is C11H15N3O. The third kappa shape index (κ3) is 1.56. The number of fused-ring (bicyclic) bond motifs is 1. The molecule has 0 radical (unpaired) electrons. The van der Waals surface area contributed by atoms with Crippen LogP contribution in [-0.4, -0.2) is 24.0 Å². The Labute approximate surface area is 89.3 Å². The normalized spacial score (nSPS) is 25.5. The lowest BCUT2D eigenvalue weighted by Gasteiger charge is -2.18. The molecule has 4 heteroatoms. The van der Waals surface area contributed by atoms with E-state index in [9.17, 15) is 4.79 Å². The smallest absolute Gasteiger partial charge is 0.232 e. The van der Waals surface area contributed by atoms with Gasteiger partial charge in [0.2, 0.25) is 5.91 Å². The summed E-state index contributed by atoms with van der Waals surface area (Å²) in [6.45, 7) is 3.95. The largest absolute Gasteiger partial charge is 0.379 e. The fourth-order valence-corrected chi connectivity index (χ4v) is 1.77. The van der Waals surface area contributed by atoms with Crippen molar-refractivity contribution >= 4 is 17.4 Å². The Hall–Kier alpha value is -1.58. The zero-order valence-corrected chi connectivity index (χ0v) is 9.19. The van der Waals surface area contributed by atoms with Crippen LogP contribution in [0.5, 0.6) is 0 Å². The Morgan fingerprint density at radius 3 is 2.93 bits per heavy atom. The van der Waals surface area contributed by atoms with E-state index in [1.165, 1.54) is 0 Å². The van der Waals surface area contributed by atoms with Crippen LogP contribution in [0.25, 0.3) is 0 Å². The number of hydrogen-bond donors (Lipinski definition) is 1. The Morgan fingerprint density at radius 1 is 1.47 bits per heavy atom. The third-order valence-corrected chi connectivity index (χ3v) is 2.96. The van der Waals surface area contributed by atoms with Crippen molar-refractivity contribution in [3.8, 4) is 0 Å². The van der Waals surface area contributed by atoms with Gasteiger partial charge in [-0.2, -0.15) is 0 Å². The zero-order chi connectivity index (χ0) is 11.0. The molecule has 0 unspecified atom stereocenters. The fraction of sp³-hybridized carbons (Fsp3) is 0.455. The van der Waals surface area contributed by atoms with E-state index < -0.39 is 0 Å². The summed E-state index contributed by atoms with van der Waals surface area (Å²) in [7, 11) is 1.77. The van der Waals surface area contributed by atoms with E-state index in [1.807, 2.05) is 26.0 Å². The van der Waals surface area contributed by atoms with E-state index in [-0.39, 0.29) is 17.9 Å². The van der Waals surface area contributed by atoms with Crippen LogP contribution in [0.4, 0.5) is 11.5 Å². The van der Waals surface area contributed by atoms with Gasteiger partial charge in [-0.15, -0.1) is 0 Å². The Bertz CT molecular complexity index is 391. The summed E-state index contributed by atoms with van der Waals surface area (Å²) in [6, 6.07) is 3.94. The number of nitrogens with one attached hydrogen (secondary N) is 1. The van der Waals surface area contributed by atoms with Gasteiger partial charge in [0.1, 0.15) is 0 Å². The summed E-state index contributed by atoms with van der Waals surface area (Å²) in [5, 5.41) is 3.31. The van der Waals surface area contributed by atoms with Crippen molar-refractivity contribution in [3.63, 3.8) is 0 Å². The second kappa shape index (κ2) is 3.53. The van der Waals surface area contributed by atoms with Crippen LogP contribution in [0, 0.1) is 5.92 Å². The van der Waals surface area contributed by atoms with Crippen molar-refractivity contribution in [1.29, 1.82) is 0 Å². The highest BCUT2D eigenvalue weighted by Gasteiger charge is 2.29. The van der Waals surface area contributed by atoms with E-state index in [2.05, 4.69) is 10.3 Å². The topological polar surface area (TPSA) is 45.2 Å². The summed E-state index contributed by atoms with van der Waals surface area (Å²) in [6.07, 6.45) is 1.70. The maximum absolute atomic E-state index is 12.0. The molecule has 1 aliphatic heterocycles. The lowest BCUT2D eigenvalue weighted by Crippen LogP contribution is -2.36. The van der Waals surface area contributed by atoms with E-state index in [0.717, 1.165) is 5.69 Å². The lowest BCUT2D eigenvalue weighted by molar-refractivity contribution is -0.121. The average Bonchev–Trinajstić information content (AvgIpc) is 2.32. The molecule has 0 saturated heterocycles. The molecule has 0 spiro atoms. The minimum absolute atomic E-state index is 0.0378. The van der Waals surface area contributed by atoms with Gasteiger partial charge >= 0.3 is 0 Å². The summed E-state index contributed by atoms with van der Waals surface area (Å²) < 4.78 is 0. The highest BCUT2D eigenvalue weighted by atomic mass is 16.2. The van der Waals surface area contributed by atoms with Crippen LogP contribution in [-0.2, 0) is 4.79 Å². The second-order valence-electron chi connectivity index (χ2n) is 3.99. The predicted octanol–water partition coefficient (Wildman–Crippen LogP) is 1.49. The Balaban J connectivity index is 2.49. The predicted molar refractivity (Wildman–Crippen MR) is 59.9 cm³/mol. The van der Waals surface area contributed by atoms with Crippen LogP contribution in [0.2, 0.25) is 0 Å². The van der Waals surface area contributed by atoms with Crippen molar-refractivity contribution in [2.24, 2.45) is 5.92 Å². The highest BCUT2D eigenvalue weighted by Crippen LogP contribution is 2.28. The van der Waals surface area contributed by atoms with E-state index >= 15 is 0 Å². The van der Waals surface area contributed by atoms with E-state index in [0.29, 0.717) is 5.82 Å². The van der Waals surface area contributed by atoms with Crippen LogP contribution < -0.4 is 10.2 Å². The minimum Gasteiger partial charge on any atom is -0.379 e. The first-order valence-electron chi connectivity index (χ1n) is 5.10. The molecule has 15 heavy (non-hydrogen) atoms. The lowest BCUT2D eigenvalue weighted by atomic mass is 10.0. The minimum atomic E-state index is -0.0378. The van der Waals surface area contributed by atoms with E-state index in [4.69, 9.17) is 0 Å². The molecule has 0 aliphatic carbocycles. The van der Waals surface area contributed by atoms with Gasteiger partial charge in [0.05, 0.1) is 11.6 Å². The van der Waals surface area contributed by atoms with Crippen LogP contribution in [0.15, 0.2) is 18.3 Å².